The van der Waals surface area contributed by atoms with Crippen molar-refractivity contribution in [1.82, 2.24) is 14.3 Å². The molecule has 0 unspecified atom stereocenters. The molecule has 1 aromatic heterocycles. The number of nitrogens with zero attached hydrogens (tertiary/aromatic N) is 5. The number of amides is 1. The van der Waals surface area contributed by atoms with E-state index in [2.05, 4.69) is 20.3 Å². The molecular weight excluding hydrogens is 410 g/mol. The van der Waals surface area contributed by atoms with Crippen molar-refractivity contribution >= 4 is 22.6 Å². The van der Waals surface area contributed by atoms with E-state index in [0.29, 0.717) is 43.1 Å². The second-order valence-corrected chi connectivity index (χ2v) is 8.27. The molecule has 4 rings (SSSR count). The van der Waals surface area contributed by atoms with Gasteiger partial charge in [-0.25, -0.2) is 0 Å². The lowest BCUT2D eigenvalue weighted by Gasteiger charge is -2.34. The summed E-state index contributed by atoms with van der Waals surface area (Å²) in [6, 6.07) is 17.0. The Morgan fingerprint density at radius 1 is 1.13 bits per heavy atom. The van der Waals surface area contributed by atoms with Crippen LogP contribution in [-0.4, -0.2) is 52.4 Å². The lowest BCUT2D eigenvalue weighted by Crippen LogP contribution is -2.48. The molecule has 1 saturated heterocycles. The normalized spacial score (nSPS) is 13.9. The van der Waals surface area contributed by atoms with E-state index in [-0.39, 0.29) is 12.0 Å². The lowest BCUT2D eigenvalue weighted by molar-refractivity contribution is 0.0740. The van der Waals surface area contributed by atoms with Gasteiger partial charge in [0, 0.05) is 43.3 Å². The van der Waals surface area contributed by atoms with Crippen LogP contribution in [0.5, 0.6) is 5.75 Å². The third kappa shape index (κ3) is 4.67. The molecule has 1 amide bonds. The molecule has 8 heteroatoms. The highest BCUT2D eigenvalue weighted by atomic mass is 32.1. The molecule has 0 atom stereocenters. The highest BCUT2D eigenvalue weighted by molar-refractivity contribution is 7.09. The fraction of sp³-hybridized carbons (Fsp3) is 0.304. The van der Waals surface area contributed by atoms with Gasteiger partial charge in [-0.3, -0.25) is 4.79 Å². The largest absolute Gasteiger partial charge is 0.490 e. The summed E-state index contributed by atoms with van der Waals surface area (Å²) in [7, 11) is 0. The van der Waals surface area contributed by atoms with Gasteiger partial charge in [0.05, 0.1) is 23.3 Å². The van der Waals surface area contributed by atoms with E-state index < -0.39 is 0 Å². The van der Waals surface area contributed by atoms with Crippen LogP contribution in [0.3, 0.4) is 0 Å². The Morgan fingerprint density at radius 2 is 1.87 bits per heavy atom. The summed E-state index contributed by atoms with van der Waals surface area (Å²) in [6.45, 7) is 6.31. The molecule has 158 valence electrons. The third-order valence-corrected chi connectivity index (χ3v) is 5.76. The topological polar surface area (TPSA) is 82.4 Å². The highest BCUT2D eigenvalue weighted by Crippen LogP contribution is 2.27. The summed E-state index contributed by atoms with van der Waals surface area (Å²) >= 11 is 1.38. The molecule has 0 spiro atoms. The number of benzene rings is 2. The monoisotopic (exact) mass is 433 g/mol. The summed E-state index contributed by atoms with van der Waals surface area (Å²) in [5.74, 6) is 1.12. The van der Waals surface area contributed by atoms with Gasteiger partial charge in [0.1, 0.15) is 5.75 Å². The maximum atomic E-state index is 13.2. The first-order chi connectivity index (χ1) is 15.0. The number of piperazine rings is 1. The van der Waals surface area contributed by atoms with Crippen LogP contribution >= 0.6 is 11.5 Å². The first-order valence-corrected chi connectivity index (χ1v) is 11.0. The van der Waals surface area contributed by atoms with Crippen molar-refractivity contribution in [3.63, 3.8) is 0 Å². The molecule has 1 aliphatic heterocycles. The number of ether oxygens (including phenoxy) is 1. The van der Waals surface area contributed by atoms with E-state index in [9.17, 15) is 10.1 Å². The molecule has 0 N–H and O–H groups in total. The van der Waals surface area contributed by atoms with E-state index in [1.54, 1.807) is 23.1 Å². The zero-order valence-electron chi connectivity index (χ0n) is 17.5. The molecule has 0 saturated carbocycles. The molecule has 1 aliphatic rings. The minimum atomic E-state index is -0.116. The number of carbonyl (C=O) groups excluding carboxylic acids is 1. The Morgan fingerprint density at radius 3 is 2.55 bits per heavy atom. The van der Waals surface area contributed by atoms with Crippen LogP contribution in [0.25, 0.3) is 11.4 Å². The van der Waals surface area contributed by atoms with Gasteiger partial charge in [0.15, 0.2) is 5.82 Å². The van der Waals surface area contributed by atoms with Crippen LogP contribution < -0.4 is 9.64 Å². The fourth-order valence-electron chi connectivity index (χ4n) is 3.44. The Bertz CT molecular complexity index is 1100. The Hall–Kier alpha value is -3.44. The second kappa shape index (κ2) is 9.14. The summed E-state index contributed by atoms with van der Waals surface area (Å²) in [6.07, 6.45) is -0.0625. The number of carbonyl (C=O) groups is 1. The van der Waals surface area contributed by atoms with Crippen LogP contribution in [0.4, 0.5) is 5.13 Å². The molecule has 1 fully saturated rings. The number of rotatable bonds is 5. The molecule has 7 nitrogen and oxygen atoms in total. The number of anilines is 1. The van der Waals surface area contributed by atoms with Crippen molar-refractivity contribution in [2.24, 2.45) is 0 Å². The van der Waals surface area contributed by atoms with Crippen LogP contribution in [0.2, 0.25) is 0 Å². The van der Waals surface area contributed by atoms with Gasteiger partial charge in [-0.05, 0) is 32.0 Å². The van der Waals surface area contributed by atoms with E-state index in [0.717, 1.165) is 16.5 Å². The maximum absolute atomic E-state index is 13.2. The second-order valence-electron chi connectivity index (χ2n) is 7.54. The van der Waals surface area contributed by atoms with Gasteiger partial charge in [0.25, 0.3) is 5.91 Å². The van der Waals surface area contributed by atoms with Crippen molar-refractivity contribution in [2.75, 3.05) is 31.1 Å². The molecular formula is C23H23N5O2S. The van der Waals surface area contributed by atoms with Crippen LogP contribution in [-0.2, 0) is 0 Å². The molecule has 2 aromatic carbocycles. The van der Waals surface area contributed by atoms with Crippen LogP contribution in [0.1, 0.15) is 29.8 Å². The van der Waals surface area contributed by atoms with Crippen molar-refractivity contribution in [3.8, 4) is 23.2 Å². The number of aromatic nitrogens is 2. The van der Waals surface area contributed by atoms with Crippen molar-refractivity contribution < 1.29 is 9.53 Å². The number of hydrogen-bond acceptors (Lipinski definition) is 7. The number of nitriles is 1. The first kappa shape index (κ1) is 20.8. The van der Waals surface area contributed by atoms with Gasteiger partial charge in [-0.15, -0.1) is 0 Å². The zero-order valence-corrected chi connectivity index (χ0v) is 18.3. The zero-order chi connectivity index (χ0) is 21.8. The maximum Gasteiger partial charge on any atom is 0.257 e. The van der Waals surface area contributed by atoms with E-state index >= 15 is 0 Å². The Balaban J connectivity index is 1.45. The smallest absolute Gasteiger partial charge is 0.257 e. The Kier molecular flexibility index (Phi) is 6.14. The van der Waals surface area contributed by atoms with Crippen LogP contribution in [0, 0.1) is 11.3 Å². The summed E-state index contributed by atoms with van der Waals surface area (Å²) < 4.78 is 10.3. The highest BCUT2D eigenvalue weighted by Gasteiger charge is 2.26. The quantitative estimate of drug-likeness (QED) is 0.608. The number of hydrogen-bond donors (Lipinski definition) is 0. The summed E-state index contributed by atoms with van der Waals surface area (Å²) in [5, 5.41) is 10.1. The van der Waals surface area contributed by atoms with Crippen molar-refractivity contribution in [2.45, 2.75) is 20.0 Å². The van der Waals surface area contributed by atoms with Gasteiger partial charge in [0.2, 0.25) is 5.13 Å². The molecule has 3 aromatic rings. The Labute approximate surface area is 185 Å². The molecule has 0 bridgehead atoms. The van der Waals surface area contributed by atoms with E-state index in [4.69, 9.17) is 4.74 Å². The molecule has 31 heavy (non-hydrogen) atoms. The first-order valence-electron chi connectivity index (χ1n) is 10.2. The van der Waals surface area contributed by atoms with Gasteiger partial charge in [-0.2, -0.15) is 14.6 Å². The minimum Gasteiger partial charge on any atom is -0.490 e. The molecule has 0 radical (unpaired) electrons. The SMILES string of the molecule is CC(C)Oc1ccc(C#N)cc1C(=O)N1CCN(c2nc(-c3ccccc3)ns2)CC1. The van der Waals surface area contributed by atoms with Crippen LogP contribution in [0.15, 0.2) is 48.5 Å². The fourth-order valence-corrected chi connectivity index (χ4v) is 4.18. The van der Waals surface area contributed by atoms with Crippen molar-refractivity contribution in [1.29, 1.82) is 5.26 Å². The van der Waals surface area contributed by atoms with Gasteiger partial charge < -0.3 is 14.5 Å². The van der Waals surface area contributed by atoms with Gasteiger partial charge in [-0.1, -0.05) is 30.3 Å². The predicted molar refractivity (Wildman–Crippen MR) is 120 cm³/mol. The average molecular weight is 434 g/mol. The lowest BCUT2D eigenvalue weighted by atomic mass is 10.1. The van der Waals surface area contributed by atoms with Gasteiger partial charge >= 0.3 is 0 Å². The predicted octanol–water partition coefficient (Wildman–Crippen LogP) is 3.83. The summed E-state index contributed by atoms with van der Waals surface area (Å²) in [4.78, 5) is 21.8. The van der Waals surface area contributed by atoms with E-state index in [1.807, 2.05) is 44.2 Å². The molecule has 0 aliphatic carbocycles. The summed E-state index contributed by atoms with van der Waals surface area (Å²) in [5.41, 5.74) is 1.87. The third-order valence-electron chi connectivity index (χ3n) is 4.99. The average Bonchev–Trinajstić information content (AvgIpc) is 3.30. The van der Waals surface area contributed by atoms with E-state index in [1.165, 1.54) is 11.5 Å². The van der Waals surface area contributed by atoms with Crippen molar-refractivity contribution in [3.05, 3.63) is 59.7 Å². The molecule has 2 heterocycles. The standard InChI is InChI=1S/C23H23N5O2S/c1-16(2)30-20-9-8-17(15-24)14-19(20)22(29)27-10-12-28(13-11-27)23-25-21(26-31-23)18-6-4-3-5-7-18/h3-9,14,16H,10-13H2,1-2H3. The minimum absolute atomic E-state index is 0.0625.